The van der Waals surface area contributed by atoms with Crippen molar-refractivity contribution in [3.63, 3.8) is 0 Å². The van der Waals surface area contributed by atoms with Crippen LogP contribution in [0, 0.1) is 5.92 Å². The van der Waals surface area contributed by atoms with Crippen LogP contribution in [0.1, 0.15) is 36.5 Å². The fourth-order valence-electron chi connectivity index (χ4n) is 5.99. The third kappa shape index (κ3) is 2.41. The molecule has 0 saturated heterocycles. The lowest BCUT2D eigenvalue weighted by Crippen LogP contribution is -2.43. The summed E-state index contributed by atoms with van der Waals surface area (Å²) < 4.78 is 0. The molecule has 3 atom stereocenters. The Balaban J connectivity index is 1.57. The summed E-state index contributed by atoms with van der Waals surface area (Å²) >= 11 is 0. The van der Waals surface area contributed by atoms with Gasteiger partial charge < -0.3 is 9.80 Å². The first-order valence-corrected chi connectivity index (χ1v) is 12.0. The fourth-order valence-corrected chi connectivity index (χ4v) is 5.99. The highest BCUT2D eigenvalue weighted by atomic mass is 15.5. The SMILES string of the molecule is C=C1C2c3ccccc3N3c4nc5c(CC)ccc(CC)c5nc4N(c4ccccc4)C3C12. The third-order valence-corrected chi connectivity index (χ3v) is 7.67. The van der Waals surface area contributed by atoms with Gasteiger partial charge in [0.25, 0.3) is 0 Å². The molecule has 1 aliphatic carbocycles. The van der Waals surface area contributed by atoms with Crippen molar-refractivity contribution in [2.24, 2.45) is 5.92 Å². The normalized spacial score (nSPS) is 22.1. The van der Waals surface area contributed by atoms with E-state index in [1.807, 2.05) is 0 Å². The van der Waals surface area contributed by atoms with E-state index in [2.05, 4.69) is 97.0 Å². The van der Waals surface area contributed by atoms with Gasteiger partial charge in [0, 0.05) is 23.2 Å². The Bertz CT molecular complexity index is 1440. The van der Waals surface area contributed by atoms with E-state index in [0.717, 1.165) is 41.2 Å². The van der Waals surface area contributed by atoms with Gasteiger partial charge in [0.05, 0.1) is 11.0 Å². The van der Waals surface area contributed by atoms with Crippen LogP contribution in [0.25, 0.3) is 11.0 Å². The maximum absolute atomic E-state index is 5.36. The summed E-state index contributed by atoms with van der Waals surface area (Å²) in [7, 11) is 0. The molecule has 3 unspecified atom stereocenters. The highest BCUT2D eigenvalue weighted by Gasteiger charge is 2.61. The molecule has 1 fully saturated rings. The summed E-state index contributed by atoms with van der Waals surface area (Å²) in [5, 5.41) is 0. The topological polar surface area (TPSA) is 32.3 Å². The minimum atomic E-state index is 0.113. The number of hydrogen-bond acceptors (Lipinski definition) is 4. The number of benzene rings is 3. The Morgan fingerprint density at radius 3 is 2.03 bits per heavy atom. The Labute approximate surface area is 194 Å². The van der Waals surface area contributed by atoms with Crippen LogP contribution in [0.15, 0.2) is 78.9 Å². The van der Waals surface area contributed by atoms with Crippen molar-refractivity contribution in [2.45, 2.75) is 38.8 Å². The summed E-state index contributed by atoms with van der Waals surface area (Å²) in [4.78, 5) is 15.6. The molecule has 33 heavy (non-hydrogen) atoms. The van der Waals surface area contributed by atoms with Gasteiger partial charge in [-0.25, -0.2) is 9.97 Å². The van der Waals surface area contributed by atoms with Crippen molar-refractivity contribution < 1.29 is 0 Å². The maximum atomic E-state index is 5.36. The second-order valence-corrected chi connectivity index (χ2v) is 9.29. The zero-order valence-corrected chi connectivity index (χ0v) is 19.0. The first kappa shape index (κ1) is 18.9. The van der Waals surface area contributed by atoms with E-state index in [1.165, 1.54) is 28.0 Å². The van der Waals surface area contributed by atoms with Crippen molar-refractivity contribution in [3.8, 4) is 0 Å². The number of hydrogen-bond donors (Lipinski definition) is 0. The van der Waals surface area contributed by atoms with Crippen LogP contribution >= 0.6 is 0 Å². The second-order valence-electron chi connectivity index (χ2n) is 9.29. The highest BCUT2D eigenvalue weighted by Crippen LogP contribution is 2.66. The standard InChI is InChI=1S/C29H26N4/c1-4-18-15-16-19(5-2)26-25(18)30-27-28(31-26)33-22-14-10-9-13-21(22)23-17(3)24(23)29(33)32(27)20-11-7-6-8-12-20/h6-16,23-24,29H,3-5H2,1-2H3. The van der Waals surface area contributed by atoms with Crippen LogP contribution in [0.3, 0.4) is 0 Å². The molecular formula is C29H26N4. The summed E-state index contributed by atoms with van der Waals surface area (Å²) in [5.41, 5.74) is 9.66. The monoisotopic (exact) mass is 430 g/mol. The van der Waals surface area contributed by atoms with E-state index in [9.17, 15) is 0 Å². The van der Waals surface area contributed by atoms with Gasteiger partial charge in [0.2, 0.25) is 0 Å². The zero-order valence-electron chi connectivity index (χ0n) is 19.0. The Hall–Kier alpha value is -3.66. The van der Waals surface area contributed by atoms with Gasteiger partial charge in [-0.2, -0.15) is 0 Å². The lowest BCUT2D eigenvalue weighted by atomic mass is 9.99. The molecule has 0 spiro atoms. The molecule has 162 valence electrons. The van der Waals surface area contributed by atoms with Gasteiger partial charge in [-0.05, 0) is 47.7 Å². The molecule has 0 amide bonds. The smallest absolute Gasteiger partial charge is 0.179 e. The van der Waals surface area contributed by atoms with Crippen molar-refractivity contribution in [1.29, 1.82) is 0 Å². The molecule has 7 rings (SSSR count). The van der Waals surface area contributed by atoms with E-state index in [0.29, 0.717) is 11.8 Å². The molecule has 0 bridgehead atoms. The van der Waals surface area contributed by atoms with E-state index in [4.69, 9.17) is 9.97 Å². The number of aryl methyl sites for hydroxylation is 2. The fraction of sp³-hybridized carbons (Fsp3) is 0.241. The summed E-state index contributed by atoms with van der Waals surface area (Å²) in [6, 6.07) is 23.9. The number of aromatic nitrogens is 2. The number of nitrogens with zero attached hydrogens (tertiary/aromatic N) is 4. The number of fused-ring (bicyclic) bond motifs is 9. The third-order valence-electron chi connectivity index (χ3n) is 7.67. The van der Waals surface area contributed by atoms with Crippen molar-refractivity contribution in [2.75, 3.05) is 9.80 Å². The molecule has 3 heterocycles. The van der Waals surface area contributed by atoms with Gasteiger partial charge in [-0.15, -0.1) is 0 Å². The predicted octanol–water partition coefficient (Wildman–Crippen LogP) is 6.65. The molecule has 3 aromatic carbocycles. The lowest BCUT2D eigenvalue weighted by Gasteiger charge is -2.36. The number of anilines is 4. The minimum Gasteiger partial charge on any atom is -0.301 e. The van der Waals surface area contributed by atoms with Crippen LogP contribution in [0.2, 0.25) is 0 Å². The molecule has 0 N–H and O–H groups in total. The molecule has 3 aliphatic rings. The average Bonchev–Trinajstić information content (AvgIpc) is 3.42. The zero-order chi connectivity index (χ0) is 22.3. The predicted molar refractivity (Wildman–Crippen MR) is 135 cm³/mol. The average molecular weight is 431 g/mol. The van der Waals surface area contributed by atoms with Gasteiger partial charge in [-0.1, -0.05) is 74.5 Å². The minimum absolute atomic E-state index is 0.113. The van der Waals surface area contributed by atoms with Crippen LogP contribution in [0.4, 0.5) is 23.0 Å². The Kier molecular flexibility index (Phi) is 3.82. The molecule has 1 aromatic heterocycles. The quantitative estimate of drug-likeness (QED) is 0.341. The van der Waals surface area contributed by atoms with Gasteiger partial charge in [-0.3, -0.25) is 0 Å². The number of rotatable bonds is 3. The summed E-state index contributed by atoms with van der Waals surface area (Å²) in [6.45, 7) is 8.87. The summed E-state index contributed by atoms with van der Waals surface area (Å²) in [5.74, 6) is 2.70. The molecule has 4 nitrogen and oxygen atoms in total. The van der Waals surface area contributed by atoms with E-state index < -0.39 is 0 Å². The first-order chi connectivity index (χ1) is 16.2. The summed E-state index contributed by atoms with van der Waals surface area (Å²) in [6.07, 6.45) is 2.00. The van der Waals surface area contributed by atoms with Crippen molar-refractivity contribution in [1.82, 2.24) is 9.97 Å². The number of para-hydroxylation sites is 2. The van der Waals surface area contributed by atoms with Gasteiger partial charge >= 0.3 is 0 Å². The maximum Gasteiger partial charge on any atom is 0.179 e. The first-order valence-electron chi connectivity index (χ1n) is 12.0. The van der Waals surface area contributed by atoms with Crippen LogP contribution in [-0.4, -0.2) is 16.1 Å². The van der Waals surface area contributed by atoms with E-state index in [-0.39, 0.29) is 6.17 Å². The molecule has 4 heteroatoms. The molecule has 1 saturated carbocycles. The van der Waals surface area contributed by atoms with Crippen LogP contribution in [0.5, 0.6) is 0 Å². The highest BCUT2D eigenvalue weighted by molar-refractivity contribution is 5.94. The van der Waals surface area contributed by atoms with E-state index >= 15 is 0 Å². The molecule has 4 aromatic rings. The van der Waals surface area contributed by atoms with Crippen LogP contribution in [-0.2, 0) is 12.8 Å². The van der Waals surface area contributed by atoms with E-state index in [1.54, 1.807) is 0 Å². The Morgan fingerprint density at radius 2 is 1.36 bits per heavy atom. The largest absolute Gasteiger partial charge is 0.301 e. The van der Waals surface area contributed by atoms with Crippen molar-refractivity contribution >= 4 is 34.0 Å². The van der Waals surface area contributed by atoms with Crippen LogP contribution < -0.4 is 9.80 Å². The van der Waals surface area contributed by atoms with Gasteiger partial charge in [0.15, 0.2) is 11.6 Å². The van der Waals surface area contributed by atoms with Gasteiger partial charge in [0.1, 0.15) is 6.17 Å². The Morgan fingerprint density at radius 1 is 0.758 bits per heavy atom. The molecule has 2 aliphatic heterocycles. The van der Waals surface area contributed by atoms with Crippen molar-refractivity contribution in [3.05, 3.63) is 95.6 Å². The lowest BCUT2D eigenvalue weighted by molar-refractivity contribution is 0.584. The second kappa shape index (κ2) is 6.67. The molecule has 0 radical (unpaired) electrons. The molecular weight excluding hydrogens is 404 g/mol.